The van der Waals surface area contributed by atoms with Crippen molar-refractivity contribution < 1.29 is 18.5 Å². The summed E-state index contributed by atoms with van der Waals surface area (Å²) in [5.74, 6) is 0.236. The van der Waals surface area contributed by atoms with Crippen LogP contribution in [0.2, 0.25) is 5.02 Å². The maximum absolute atomic E-state index is 12.1. The van der Waals surface area contributed by atoms with Crippen molar-refractivity contribution in [3.8, 4) is 11.4 Å². The van der Waals surface area contributed by atoms with E-state index in [4.69, 9.17) is 25.3 Å². The molecule has 27 heavy (non-hydrogen) atoms. The predicted molar refractivity (Wildman–Crippen MR) is 99.2 cm³/mol. The molecule has 0 aliphatic heterocycles. The first-order valence-electron chi connectivity index (χ1n) is 8.29. The number of nitrogens with zero attached hydrogens (tertiary/aromatic N) is 2. The molecule has 0 aliphatic rings. The molecule has 2 aromatic carbocycles. The molecule has 0 amide bonds. The Morgan fingerprint density at radius 2 is 2.00 bits per heavy atom. The highest BCUT2D eigenvalue weighted by molar-refractivity contribution is 6.30. The lowest BCUT2D eigenvalue weighted by molar-refractivity contribution is -0.144. The molecule has 0 N–H and O–H groups in total. The lowest BCUT2D eigenvalue weighted by Crippen LogP contribution is -2.07. The fourth-order valence-corrected chi connectivity index (χ4v) is 2.83. The molecule has 0 unspecified atom stereocenters. The number of carbonyl (C=O) groups is 1. The molecule has 4 rings (SSSR count). The van der Waals surface area contributed by atoms with Gasteiger partial charge < -0.3 is 13.7 Å². The molecule has 2 aromatic heterocycles. The van der Waals surface area contributed by atoms with Crippen molar-refractivity contribution in [2.75, 3.05) is 0 Å². The summed E-state index contributed by atoms with van der Waals surface area (Å²) >= 11 is 5.86. The Morgan fingerprint density at radius 3 is 2.81 bits per heavy atom. The van der Waals surface area contributed by atoms with E-state index in [2.05, 4.69) is 10.1 Å². The van der Waals surface area contributed by atoms with Crippen LogP contribution in [0.3, 0.4) is 0 Å². The summed E-state index contributed by atoms with van der Waals surface area (Å²) in [6.07, 6.45) is 1.69. The fourth-order valence-electron chi connectivity index (χ4n) is 2.71. The van der Waals surface area contributed by atoms with Crippen LogP contribution in [0.1, 0.15) is 17.0 Å². The van der Waals surface area contributed by atoms with Gasteiger partial charge in [0.25, 0.3) is 5.89 Å². The van der Waals surface area contributed by atoms with Crippen LogP contribution in [0.15, 0.2) is 57.7 Å². The average molecular weight is 383 g/mol. The van der Waals surface area contributed by atoms with E-state index >= 15 is 0 Å². The number of halogens is 1. The minimum Gasteiger partial charge on any atom is -0.464 e. The molecule has 7 heteroatoms. The summed E-state index contributed by atoms with van der Waals surface area (Å²) in [4.78, 5) is 16.4. The van der Waals surface area contributed by atoms with E-state index in [0.29, 0.717) is 10.8 Å². The molecule has 0 radical (unpaired) electrons. The summed E-state index contributed by atoms with van der Waals surface area (Å²) in [6.45, 7) is 1.90. The van der Waals surface area contributed by atoms with Crippen LogP contribution in [0.25, 0.3) is 22.4 Å². The lowest BCUT2D eigenvalue weighted by Gasteiger charge is -2.01. The monoisotopic (exact) mass is 382 g/mol. The molecule has 0 bridgehead atoms. The second kappa shape index (κ2) is 7.25. The topological polar surface area (TPSA) is 78.4 Å². The van der Waals surface area contributed by atoms with Crippen molar-refractivity contribution in [1.82, 2.24) is 10.1 Å². The Hall–Kier alpha value is -3.12. The van der Waals surface area contributed by atoms with Crippen LogP contribution in [-0.4, -0.2) is 16.1 Å². The summed E-state index contributed by atoms with van der Waals surface area (Å²) in [5.41, 5.74) is 3.39. The molecule has 136 valence electrons. The third-order valence-corrected chi connectivity index (χ3v) is 4.33. The molecule has 0 aliphatic carbocycles. The first-order chi connectivity index (χ1) is 13.1. The van der Waals surface area contributed by atoms with Gasteiger partial charge in [0.05, 0.1) is 12.7 Å². The maximum atomic E-state index is 12.1. The van der Waals surface area contributed by atoms with Crippen LogP contribution in [0.5, 0.6) is 0 Å². The second-order valence-corrected chi connectivity index (χ2v) is 6.55. The summed E-state index contributed by atoms with van der Waals surface area (Å²) in [5, 5.41) is 5.41. The third-order valence-electron chi connectivity index (χ3n) is 4.07. The Bertz CT molecular complexity index is 1100. The van der Waals surface area contributed by atoms with Crippen molar-refractivity contribution >= 4 is 28.5 Å². The van der Waals surface area contributed by atoms with Crippen molar-refractivity contribution in [2.24, 2.45) is 0 Å². The van der Waals surface area contributed by atoms with Gasteiger partial charge in [-0.3, -0.25) is 4.79 Å². The number of ether oxygens (including phenoxy) is 1. The van der Waals surface area contributed by atoms with Gasteiger partial charge in [0, 0.05) is 21.5 Å². The number of fused-ring (bicyclic) bond motifs is 1. The smallest absolute Gasteiger partial charge is 0.310 e. The van der Waals surface area contributed by atoms with E-state index in [9.17, 15) is 4.79 Å². The number of esters is 1. The van der Waals surface area contributed by atoms with Gasteiger partial charge in [0.15, 0.2) is 6.61 Å². The number of furan rings is 1. The van der Waals surface area contributed by atoms with Gasteiger partial charge in [-0.05, 0) is 42.8 Å². The predicted octanol–water partition coefficient (Wildman–Crippen LogP) is 4.73. The van der Waals surface area contributed by atoms with Crippen molar-refractivity contribution in [2.45, 2.75) is 20.0 Å². The van der Waals surface area contributed by atoms with Gasteiger partial charge in [0.1, 0.15) is 5.58 Å². The summed E-state index contributed by atoms with van der Waals surface area (Å²) < 4.78 is 15.9. The Balaban J connectivity index is 1.38. The van der Waals surface area contributed by atoms with Crippen LogP contribution in [0.4, 0.5) is 0 Å². The summed E-state index contributed by atoms with van der Waals surface area (Å²) in [6, 6.07) is 12.9. The van der Waals surface area contributed by atoms with Gasteiger partial charge in [-0.1, -0.05) is 28.9 Å². The van der Waals surface area contributed by atoms with Gasteiger partial charge in [-0.25, -0.2) is 0 Å². The molecular formula is C20H15ClN2O4. The molecular weight excluding hydrogens is 368 g/mol. The maximum Gasteiger partial charge on any atom is 0.310 e. The largest absolute Gasteiger partial charge is 0.464 e. The van der Waals surface area contributed by atoms with Crippen LogP contribution in [-0.2, 0) is 22.6 Å². The number of aryl methyl sites for hydroxylation is 1. The van der Waals surface area contributed by atoms with Gasteiger partial charge in [-0.2, -0.15) is 4.98 Å². The number of carbonyl (C=O) groups excluding carboxylic acids is 1. The van der Waals surface area contributed by atoms with Crippen LogP contribution in [0, 0.1) is 6.92 Å². The first kappa shape index (κ1) is 17.3. The van der Waals surface area contributed by atoms with E-state index in [1.54, 1.807) is 30.5 Å². The highest BCUT2D eigenvalue weighted by Crippen LogP contribution is 2.23. The number of benzene rings is 2. The summed E-state index contributed by atoms with van der Waals surface area (Å²) in [7, 11) is 0. The Kier molecular flexibility index (Phi) is 4.64. The number of rotatable bonds is 5. The SMILES string of the molecule is Cc1ccc2c(CC(=O)OCc3nc(-c4ccc(Cl)cc4)no3)coc2c1. The molecule has 6 nitrogen and oxygen atoms in total. The molecule has 0 saturated carbocycles. The third kappa shape index (κ3) is 3.85. The molecule has 4 aromatic rings. The van der Waals surface area contributed by atoms with Gasteiger partial charge in [-0.15, -0.1) is 0 Å². The minimum absolute atomic E-state index is 0.0890. The van der Waals surface area contributed by atoms with Gasteiger partial charge >= 0.3 is 5.97 Å². The zero-order valence-electron chi connectivity index (χ0n) is 14.4. The average Bonchev–Trinajstić information content (AvgIpc) is 3.28. The van der Waals surface area contributed by atoms with E-state index in [1.807, 2.05) is 25.1 Å². The van der Waals surface area contributed by atoms with Crippen LogP contribution >= 0.6 is 11.6 Å². The van der Waals surface area contributed by atoms with E-state index in [-0.39, 0.29) is 18.9 Å². The number of hydrogen-bond acceptors (Lipinski definition) is 6. The van der Waals surface area contributed by atoms with E-state index in [0.717, 1.165) is 27.7 Å². The quantitative estimate of drug-likeness (QED) is 0.464. The minimum atomic E-state index is -0.399. The molecule has 0 atom stereocenters. The Labute approximate surface area is 159 Å². The van der Waals surface area contributed by atoms with E-state index < -0.39 is 5.97 Å². The molecule has 0 spiro atoms. The molecule has 2 heterocycles. The first-order valence-corrected chi connectivity index (χ1v) is 8.67. The van der Waals surface area contributed by atoms with E-state index in [1.165, 1.54) is 0 Å². The van der Waals surface area contributed by atoms with Crippen molar-refractivity contribution in [3.05, 3.63) is 70.8 Å². The Morgan fingerprint density at radius 1 is 1.19 bits per heavy atom. The highest BCUT2D eigenvalue weighted by Gasteiger charge is 2.14. The molecule has 0 saturated heterocycles. The van der Waals surface area contributed by atoms with Crippen molar-refractivity contribution in [3.63, 3.8) is 0 Å². The highest BCUT2D eigenvalue weighted by atomic mass is 35.5. The van der Waals surface area contributed by atoms with Crippen LogP contribution < -0.4 is 0 Å². The fraction of sp³-hybridized carbons (Fsp3) is 0.150. The zero-order valence-corrected chi connectivity index (χ0v) is 15.2. The zero-order chi connectivity index (χ0) is 18.8. The normalized spacial score (nSPS) is 11.0. The van der Waals surface area contributed by atoms with Gasteiger partial charge in [0.2, 0.25) is 5.82 Å². The lowest BCUT2D eigenvalue weighted by atomic mass is 10.1. The van der Waals surface area contributed by atoms with Crippen molar-refractivity contribution in [1.29, 1.82) is 0 Å². The second-order valence-electron chi connectivity index (χ2n) is 6.12. The number of aromatic nitrogens is 2. The standard InChI is InChI=1S/C20H15ClN2O4/c1-12-2-7-16-14(10-25-17(16)8-12)9-19(24)26-11-18-22-20(23-27-18)13-3-5-15(21)6-4-13/h2-8,10H,9,11H2,1H3. The number of hydrogen-bond donors (Lipinski definition) is 0. The molecule has 0 fully saturated rings.